The van der Waals surface area contributed by atoms with Crippen molar-refractivity contribution >= 4 is 7.60 Å². The number of allylic oxidation sites excluding steroid dienone is 2. The van der Waals surface area contributed by atoms with E-state index in [4.69, 9.17) is 15.5 Å². The minimum absolute atomic E-state index is 0.291. The molecular weight excluding hydrogens is 177 g/mol. The Morgan fingerprint density at radius 2 is 2.17 bits per heavy atom. The first-order valence-electron chi connectivity index (χ1n) is 3.59. The third kappa shape index (κ3) is 2.91. The molecule has 1 aliphatic carbocycles. The average molecular weight is 189 g/mol. The monoisotopic (exact) mass is 189 g/mol. The van der Waals surface area contributed by atoms with E-state index in [9.17, 15) is 4.57 Å². The molecule has 0 saturated carbocycles. The summed E-state index contributed by atoms with van der Waals surface area (Å²) in [6, 6.07) is 0. The lowest BCUT2D eigenvalue weighted by molar-refractivity contribution is 0.361. The minimum Gasteiger partial charge on any atom is -0.324 e. The maximum absolute atomic E-state index is 10.7. The summed E-state index contributed by atoms with van der Waals surface area (Å²) in [6.07, 6.45) is 7.14. The average Bonchev–Trinajstić information content (AvgIpc) is 1.83. The van der Waals surface area contributed by atoms with Crippen molar-refractivity contribution in [3.05, 3.63) is 24.3 Å². The fourth-order valence-electron chi connectivity index (χ4n) is 1.18. The van der Waals surface area contributed by atoms with Crippen LogP contribution in [0.1, 0.15) is 6.42 Å². The van der Waals surface area contributed by atoms with Gasteiger partial charge in [-0.3, -0.25) is 4.57 Å². The Balaban J connectivity index is 2.68. The second-order valence-corrected chi connectivity index (χ2v) is 4.69. The molecule has 4 N–H and O–H groups in total. The Hall–Kier alpha value is -0.410. The summed E-state index contributed by atoms with van der Waals surface area (Å²) in [5, 5.41) is 0. The van der Waals surface area contributed by atoms with Gasteiger partial charge in [0.15, 0.2) is 0 Å². The summed E-state index contributed by atoms with van der Waals surface area (Å²) < 4.78 is 10.7. The fraction of sp³-hybridized carbons (Fsp3) is 0.429. The van der Waals surface area contributed by atoms with Gasteiger partial charge in [0.05, 0.1) is 6.16 Å². The van der Waals surface area contributed by atoms with Gasteiger partial charge in [-0.05, 0) is 6.42 Å². The van der Waals surface area contributed by atoms with Gasteiger partial charge in [0.2, 0.25) is 0 Å². The number of hydrogen-bond donors (Lipinski definition) is 3. The molecular formula is C7H12NO3P. The number of hydrogen-bond acceptors (Lipinski definition) is 2. The lowest BCUT2D eigenvalue weighted by atomic mass is 9.95. The second-order valence-electron chi connectivity index (χ2n) is 3.05. The van der Waals surface area contributed by atoms with Gasteiger partial charge in [0, 0.05) is 5.54 Å². The van der Waals surface area contributed by atoms with Gasteiger partial charge in [-0.15, -0.1) is 0 Å². The summed E-state index contributed by atoms with van der Waals surface area (Å²) in [5.41, 5.74) is 4.85. The SMILES string of the molecule is N[C@]1(CP(=O)(O)O)C=CC=CC1. The highest BCUT2D eigenvalue weighted by Crippen LogP contribution is 2.39. The first-order valence-corrected chi connectivity index (χ1v) is 5.39. The lowest BCUT2D eigenvalue weighted by Gasteiger charge is -2.26. The molecule has 0 aliphatic heterocycles. The topological polar surface area (TPSA) is 83.6 Å². The molecule has 0 amide bonds. The summed E-state index contributed by atoms with van der Waals surface area (Å²) >= 11 is 0. The normalized spacial score (nSPS) is 29.2. The quantitative estimate of drug-likeness (QED) is 0.548. The van der Waals surface area contributed by atoms with Crippen molar-refractivity contribution in [2.24, 2.45) is 5.73 Å². The van der Waals surface area contributed by atoms with Crippen LogP contribution in [0.25, 0.3) is 0 Å². The third-order valence-electron chi connectivity index (χ3n) is 1.67. The zero-order valence-corrected chi connectivity index (χ0v) is 7.45. The summed E-state index contributed by atoms with van der Waals surface area (Å²) in [6.45, 7) is 0. The third-order valence-corrected chi connectivity index (χ3v) is 2.67. The predicted molar refractivity (Wildman–Crippen MR) is 46.7 cm³/mol. The number of nitrogens with two attached hydrogens (primary N) is 1. The van der Waals surface area contributed by atoms with E-state index < -0.39 is 13.1 Å². The molecule has 0 radical (unpaired) electrons. The first kappa shape index (κ1) is 9.68. The van der Waals surface area contributed by atoms with E-state index in [0.29, 0.717) is 6.42 Å². The van der Waals surface area contributed by atoms with Crippen LogP contribution in [-0.4, -0.2) is 21.5 Å². The van der Waals surface area contributed by atoms with E-state index in [2.05, 4.69) is 0 Å². The van der Waals surface area contributed by atoms with Gasteiger partial charge in [-0.25, -0.2) is 0 Å². The van der Waals surface area contributed by atoms with Crippen LogP contribution >= 0.6 is 7.60 Å². The summed E-state index contributed by atoms with van der Waals surface area (Å²) in [4.78, 5) is 17.4. The molecule has 12 heavy (non-hydrogen) atoms. The first-order chi connectivity index (χ1) is 5.41. The van der Waals surface area contributed by atoms with Crippen molar-refractivity contribution in [3.8, 4) is 0 Å². The Bertz CT molecular complexity index is 268. The fourth-order valence-corrected chi connectivity index (χ4v) is 2.18. The molecule has 1 aliphatic rings. The molecule has 0 heterocycles. The Kier molecular flexibility index (Phi) is 2.54. The molecule has 0 aromatic rings. The van der Waals surface area contributed by atoms with Crippen LogP contribution in [0.2, 0.25) is 0 Å². The van der Waals surface area contributed by atoms with E-state index in [0.717, 1.165) is 0 Å². The van der Waals surface area contributed by atoms with Crippen molar-refractivity contribution in [2.75, 3.05) is 6.16 Å². The van der Waals surface area contributed by atoms with E-state index in [1.165, 1.54) is 0 Å². The molecule has 0 aromatic heterocycles. The van der Waals surface area contributed by atoms with Crippen LogP contribution < -0.4 is 5.73 Å². The van der Waals surface area contributed by atoms with E-state index >= 15 is 0 Å². The standard InChI is InChI=1S/C7H12NO3P/c8-7(6-12(9,10)11)4-2-1-3-5-7/h1-4H,5-6,8H2,(H2,9,10,11)/t7-/m1/s1. The maximum atomic E-state index is 10.7. The van der Waals surface area contributed by atoms with Crippen LogP contribution in [0.3, 0.4) is 0 Å². The Morgan fingerprint density at radius 1 is 1.50 bits per heavy atom. The molecule has 1 atom stereocenters. The van der Waals surface area contributed by atoms with Crippen LogP contribution in [0, 0.1) is 0 Å². The molecule has 1 rings (SSSR count). The predicted octanol–water partition coefficient (Wildman–Crippen LogP) is 0.378. The Morgan fingerprint density at radius 3 is 2.58 bits per heavy atom. The van der Waals surface area contributed by atoms with E-state index in [1.54, 1.807) is 18.2 Å². The Labute approximate surface area is 70.9 Å². The zero-order valence-electron chi connectivity index (χ0n) is 6.55. The zero-order chi connectivity index (χ0) is 9.24. The summed E-state index contributed by atoms with van der Waals surface area (Å²) in [7, 11) is -4.01. The van der Waals surface area contributed by atoms with Crippen LogP contribution in [-0.2, 0) is 4.57 Å². The van der Waals surface area contributed by atoms with Gasteiger partial charge >= 0.3 is 7.60 Å². The molecule has 0 aromatic carbocycles. The molecule has 0 unspecified atom stereocenters. The maximum Gasteiger partial charge on any atom is 0.327 e. The lowest BCUT2D eigenvalue weighted by Crippen LogP contribution is -2.41. The van der Waals surface area contributed by atoms with Crippen molar-refractivity contribution in [1.82, 2.24) is 0 Å². The van der Waals surface area contributed by atoms with E-state index in [-0.39, 0.29) is 6.16 Å². The summed E-state index contributed by atoms with van der Waals surface area (Å²) in [5.74, 6) is 0. The molecule has 0 fully saturated rings. The highest BCUT2D eigenvalue weighted by atomic mass is 31.2. The molecule has 0 saturated heterocycles. The highest BCUT2D eigenvalue weighted by Gasteiger charge is 2.30. The molecule has 0 spiro atoms. The van der Waals surface area contributed by atoms with Crippen molar-refractivity contribution < 1.29 is 14.4 Å². The minimum atomic E-state index is -4.01. The van der Waals surface area contributed by atoms with Gasteiger partial charge in [0.1, 0.15) is 0 Å². The number of rotatable bonds is 2. The largest absolute Gasteiger partial charge is 0.327 e. The van der Waals surface area contributed by atoms with Crippen molar-refractivity contribution in [2.45, 2.75) is 12.0 Å². The highest BCUT2D eigenvalue weighted by molar-refractivity contribution is 7.51. The van der Waals surface area contributed by atoms with Gasteiger partial charge in [-0.1, -0.05) is 24.3 Å². The van der Waals surface area contributed by atoms with Crippen LogP contribution in [0.15, 0.2) is 24.3 Å². The van der Waals surface area contributed by atoms with Gasteiger partial charge < -0.3 is 15.5 Å². The van der Waals surface area contributed by atoms with Crippen LogP contribution in [0.4, 0.5) is 0 Å². The van der Waals surface area contributed by atoms with Crippen molar-refractivity contribution in [1.29, 1.82) is 0 Å². The van der Waals surface area contributed by atoms with E-state index in [1.807, 2.05) is 6.08 Å². The molecule has 0 bridgehead atoms. The molecule has 5 heteroatoms. The molecule has 4 nitrogen and oxygen atoms in total. The van der Waals surface area contributed by atoms with Gasteiger partial charge in [-0.2, -0.15) is 0 Å². The van der Waals surface area contributed by atoms with Crippen molar-refractivity contribution in [3.63, 3.8) is 0 Å². The molecule has 68 valence electrons. The van der Waals surface area contributed by atoms with Crippen LogP contribution in [0.5, 0.6) is 0 Å². The smallest absolute Gasteiger partial charge is 0.324 e. The second kappa shape index (κ2) is 3.15. The van der Waals surface area contributed by atoms with Gasteiger partial charge in [0.25, 0.3) is 0 Å².